The van der Waals surface area contributed by atoms with Crippen molar-refractivity contribution in [3.8, 4) is 11.1 Å². The SMILES string of the molecule is COC(=O)c1c(-c2ccccc2)cc(Br)c(Br)c1C(=O)O. The molecule has 2 aromatic carbocycles. The number of ether oxygens (including phenoxy) is 1. The zero-order chi connectivity index (χ0) is 15.6. The summed E-state index contributed by atoms with van der Waals surface area (Å²) in [4.78, 5) is 23.6. The lowest BCUT2D eigenvalue weighted by atomic mass is 9.95. The van der Waals surface area contributed by atoms with E-state index in [-0.39, 0.29) is 11.1 Å². The molecular weight excluding hydrogens is 404 g/mol. The Hall–Kier alpha value is -1.66. The number of hydrogen-bond donors (Lipinski definition) is 1. The topological polar surface area (TPSA) is 63.6 Å². The first-order valence-electron chi connectivity index (χ1n) is 5.86. The van der Waals surface area contributed by atoms with E-state index in [9.17, 15) is 14.7 Å². The molecule has 0 fully saturated rings. The lowest BCUT2D eigenvalue weighted by Crippen LogP contribution is -2.13. The standard InChI is InChI=1S/C15H10Br2O4/c1-21-15(20)11-9(8-5-3-2-4-6-8)7-10(16)13(17)12(11)14(18)19/h2-7H,1H3,(H,18,19). The van der Waals surface area contributed by atoms with Gasteiger partial charge in [0, 0.05) is 8.95 Å². The molecule has 0 aliphatic rings. The van der Waals surface area contributed by atoms with E-state index in [2.05, 4.69) is 31.9 Å². The smallest absolute Gasteiger partial charge is 0.339 e. The molecule has 21 heavy (non-hydrogen) atoms. The first-order chi connectivity index (χ1) is 9.97. The fraction of sp³-hybridized carbons (Fsp3) is 0.0667. The average Bonchev–Trinajstić information content (AvgIpc) is 2.49. The van der Waals surface area contributed by atoms with Crippen LogP contribution in [0.5, 0.6) is 0 Å². The van der Waals surface area contributed by atoms with Gasteiger partial charge < -0.3 is 9.84 Å². The molecule has 2 aromatic rings. The van der Waals surface area contributed by atoms with Crippen molar-refractivity contribution in [1.82, 2.24) is 0 Å². The van der Waals surface area contributed by atoms with Crippen LogP contribution in [0.25, 0.3) is 11.1 Å². The summed E-state index contributed by atoms with van der Waals surface area (Å²) < 4.78 is 5.59. The molecule has 1 N–H and O–H groups in total. The number of carbonyl (C=O) groups is 2. The van der Waals surface area contributed by atoms with E-state index in [0.717, 1.165) is 5.56 Å². The highest BCUT2D eigenvalue weighted by Gasteiger charge is 2.26. The van der Waals surface area contributed by atoms with E-state index in [1.165, 1.54) is 7.11 Å². The van der Waals surface area contributed by atoms with Crippen molar-refractivity contribution in [2.24, 2.45) is 0 Å². The van der Waals surface area contributed by atoms with Crippen LogP contribution in [0, 0.1) is 0 Å². The summed E-state index contributed by atoms with van der Waals surface area (Å²) in [6.45, 7) is 0. The lowest BCUT2D eigenvalue weighted by molar-refractivity contribution is 0.0583. The van der Waals surface area contributed by atoms with Crippen molar-refractivity contribution in [2.75, 3.05) is 7.11 Å². The van der Waals surface area contributed by atoms with Gasteiger partial charge in [0.2, 0.25) is 0 Å². The Morgan fingerprint density at radius 3 is 2.24 bits per heavy atom. The summed E-state index contributed by atoms with van der Waals surface area (Å²) in [7, 11) is 1.22. The Balaban J connectivity index is 2.87. The van der Waals surface area contributed by atoms with Gasteiger partial charge in [-0.2, -0.15) is 0 Å². The third-order valence-electron chi connectivity index (χ3n) is 2.91. The molecule has 0 aromatic heterocycles. The molecule has 4 nitrogen and oxygen atoms in total. The highest BCUT2D eigenvalue weighted by molar-refractivity contribution is 9.13. The second-order valence-electron chi connectivity index (χ2n) is 4.13. The van der Waals surface area contributed by atoms with E-state index in [1.54, 1.807) is 18.2 Å². The highest BCUT2D eigenvalue weighted by atomic mass is 79.9. The van der Waals surface area contributed by atoms with Crippen LogP contribution in [-0.2, 0) is 4.74 Å². The number of carboxylic acid groups (broad SMARTS) is 1. The second-order valence-corrected chi connectivity index (χ2v) is 5.78. The minimum atomic E-state index is -1.21. The number of hydrogen-bond acceptors (Lipinski definition) is 3. The minimum absolute atomic E-state index is 0.0197. The van der Waals surface area contributed by atoms with Gasteiger partial charge in [-0.15, -0.1) is 0 Å². The van der Waals surface area contributed by atoms with Crippen molar-refractivity contribution in [1.29, 1.82) is 0 Å². The molecule has 0 bridgehead atoms. The maximum atomic E-state index is 12.1. The summed E-state index contributed by atoms with van der Waals surface area (Å²) in [5.74, 6) is -1.90. The average molecular weight is 414 g/mol. The summed E-state index contributed by atoms with van der Waals surface area (Å²) in [5, 5.41) is 9.43. The van der Waals surface area contributed by atoms with Gasteiger partial charge in [0.25, 0.3) is 0 Å². The van der Waals surface area contributed by atoms with Crippen molar-refractivity contribution < 1.29 is 19.4 Å². The maximum Gasteiger partial charge on any atom is 0.339 e. The summed E-state index contributed by atoms with van der Waals surface area (Å²) >= 11 is 6.51. The van der Waals surface area contributed by atoms with E-state index >= 15 is 0 Å². The number of methoxy groups -OCH3 is 1. The predicted octanol–water partition coefficient (Wildman–Crippen LogP) is 4.36. The third kappa shape index (κ3) is 3.01. The molecule has 0 spiro atoms. The van der Waals surface area contributed by atoms with E-state index in [4.69, 9.17) is 4.74 Å². The highest BCUT2D eigenvalue weighted by Crippen LogP contribution is 2.37. The van der Waals surface area contributed by atoms with Crippen molar-refractivity contribution in [2.45, 2.75) is 0 Å². The molecule has 2 rings (SSSR count). The third-order valence-corrected chi connectivity index (χ3v) is 4.89. The molecule has 0 radical (unpaired) electrons. The molecule has 6 heteroatoms. The number of esters is 1. The van der Waals surface area contributed by atoms with Crippen molar-refractivity contribution in [3.63, 3.8) is 0 Å². The number of carbonyl (C=O) groups excluding carboxylic acids is 1. The van der Waals surface area contributed by atoms with Crippen LogP contribution in [0.3, 0.4) is 0 Å². The van der Waals surface area contributed by atoms with Gasteiger partial charge in [-0.3, -0.25) is 0 Å². The van der Waals surface area contributed by atoms with E-state index in [0.29, 0.717) is 14.5 Å². The Labute approximate surface area is 138 Å². The molecular formula is C15H10Br2O4. The normalized spacial score (nSPS) is 10.2. The molecule has 0 heterocycles. The molecule has 0 aliphatic heterocycles. The van der Waals surface area contributed by atoms with Crippen LogP contribution in [0.1, 0.15) is 20.7 Å². The van der Waals surface area contributed by atoms with Crippen LogP contribution >= 0.6 is 31.9 Å². The number of benzene rings is 2. The molecule has 0 saturated carbocycles. The van der Waals surface area contributed by atoms with Gasteiger partial charge in [0.1, 0.15) is 0 Å². The second kappa shape index (κ2) is 6.41. The van der Waals surface area contributed by atoms with Crippen molar-refractivity contribution in [3.05, 3.63) is 56.5 Å². The number of halogens is 2. The van der Waals surface area contributed by atoms with Crippen LogP contribution < -0.4 is 0 Å². The zero-order valence-electron chi connectivity index (χ0n) is 10.9. The maximum absolute atomic E-state index is 12.1. The van der Waals surface area contributed by atoms with Crippen LogP contribution in [0.4, 0.5) is 0 Å². The monoisotopic (exact) mass is 412 g/mol. The summed E-state index contributed by atoms with van der Waals surface area (Å²) in [6, 6.07) is 10.8. The van der Waals surface area contributed by atoms with Gasteiger partial charge in [-0.1, -0.05) is 30.3 Å². The van der Waals surface area contributed by atoms with Crippen LogP contribution in [0.2, 0.25) is 0 Å². The first kappa shape index (κ1) is 15.7. The van der Waals surface area contributed by atoms with E-state index < -0.39 is 11.9 Å². The molecule has 0 aliphatic carbocycles. The number of rotatable bonds is 3. The number of aromatic carboxylic acids is 1. The van der Waals surface area contributed by atoms with Gasteiger partial charge in [-0.25, -0.2) is 9.59 Å². The van der Waals surface area contributed by atoms with Gasteiger partial charge in [-0.05, 0) is 49.1 Å². The van der Waals surface area contributed by atoms with Crippen LogP contribution in [0.15, 0.2) is 45.3 Å². The summed E-state index contributed by atoms with van der Waals surface area (Å²) in [5.41, 5.74) is 1.12. The van der Waals surface area contributed by atoms with Crippen LogP contribution in [-0.4, -0.2) is 24.2 Å². The Kier molecular flexibility index (Phi) is 4.80. The van der Waals surface area contributed by atoms with Crippen molar-refractivity contribution >= 4 is 43.8 Å². The molecule has 0 amide bonds. The molecule has 0 atom stereocenters. The lowest BCUT2D eigenvalue weighted by Gasteiger charge is -2.14. The van der Waals surface area contributed by atoms with Gasteiger partial charge >= 0.3 is 11.9 Å². The zero-order valence-corrected chi connectivity index (χ0v) is 14.1. The quantitative estimate of drug-likeness (QED) is 0.759. The molecule has 0 unspecified atom stereocenters. The fourth-order valence-electron chi connectivity index (χ4n) is 1.99. The molecule has 108 valence electrons. The fourth-order valence-corrected chi connectivity index (χ4v) is 2.90. The molecule has 0 saturated heterocycles. The van der Waals surface area contributed by atoms with Gasteiger partial charge in [0.15, 0.2) is 0 Å². The Morgan fingerprint density at radius 1 is 1.10 bits per heavy atom. The number of carboxylic acids is 1. The first-order valence-corrected chi connectivity index (χ1v) is 7.45. The summed E-state index contributed by atoms with van der Waals surface area (Å²) in [6.07, 6.45) is 0. The minimum Gasteiger partial charge on any atom is -0.478 e. The van der Waals surface area contributed by atoms with Gasteiger partial charge in [0.05, 0.1) is 18.2 Å². The largest absolute Gasteiger partial charge is 0.478 e. The predicted molar refractivity (Wildman–Crippen MR) is 85.6 cm³/mol. The van der Waals surface area contributed by atoms with E-state index in [1.807, 2.05) is 18.2 Å². The Morgan fingerprint density at radius 2 is 1.71 bits per heavy atom. The Bertz CT molecular complexity index is 711.